The second kappa shape index (κ2) is 7.93. The van der Waals surface area contributed by atoms with Crippen LogP contribution in [0.15, 0.2) is 62.2 Å². The van der Waals surface area contributed by atoms with Gasteiger partial charge in [0.25, 0.3) is 5.89 Å². The van der Waals surface area contributed by atoms with Crippen molar-refractivity contribution in [2.24, 2.45) is 0 Å². The number of benzene rings is 1. The summed E-state index contributed by atoms with van der Waals surface area (Å²) in [7, 11) is 0. The fourth-order valence-corrected chi connectivity index (χ4v) is 4.14. The minimum atomic E-state index is -0.217. The molecule has 0 saturated carbocycles. The number of nitrogens with one attached hydrogen (secondary N) is 1. The molecule has 0 aliphatic rings. The molecule has 0 radical (unpaired) electrons. The van der Waals surface area contributed by atoms with Crippen LogP contribution < -0.4 is 5.69 Å². The van der Waals surface area contributed by atoms with Crippen molar-refractivity contribution in [3.05, 3.63) is 69.8 Å². The first-order valence-corrected chi connectivity index (χ1v) is 10.2. The Hall–Kier alpha value is -2.65. The van der Waals surface area contributed by atoms with E-state index in [1.165, 1.54) is 17.3 Å². The lowest BCUT2D eigenvalue weighted by atomic mass is 10.1. The summed E-state index contributed by atoms with van der Waals surface area (Å²) in [5.41, 5.74) is 0.956. The minimum Gasteiger partial charge on any atom is -0.419 e. The predicted octanol–water partition coefficient (Wildman–Crippen LogP) is 3.78. The molecule has 4 aromatic rings. The smallest absolute Gasteiger partial charge is 0.343 e. The van der Waals surface area contributed by atoms with Crippen LogP contribution in [0, 0.1) is 0 Å². The van der Waals surface area contributed by atoms with Crippen LogP contribution in [0.5, 0.6) is 0 Å². The summed E-state index contributed by atoms with van der Waals surface area (Å²) in [6, 6.07) is 13.9. The van der Waals surface area contributed by atoms with Gasteiger partial charge in [0.15, 0.2) is 5.16 Å². The third-order valence-corrected chi connectivity index (χ3v) is 5.93. The molecule has 1 atom stereocenters. The molecular formula is C18H17N5O2S2. The van der Waals surface area contributed by atoms with Gasteiger partial charge in [-0.15, -0.1) is 26.6 Å². The lowest BCUT2D eigenvalue weighted by Gasteiger charge is -2.08. The first kappa shape index (κ1) is 17.7. The standard InChI is InChI=1S/C18H17N5O2S2/c1-12(15-19-20-16(25-15)14-8-5-11-26-14)27-18-22-21-17(24)23(18)10-9-13-6-3-2-4-7-13/h2-8,11-12H,9-10H2,1H3,(H,21,24)/t12-/m0/s1. The van der Waals surface area contributed by atoms with Crippen LogP contribution in [0.1, 0.15) is 23.6 Å². The molecule has 9 heteroatoms. The van der Waals surface area contributed by atoms with Crippen LogP contribution in [0.2, 0.25) is 0 Å². The Kier molecular flexibility index (Phi) is 5.21. The van der Waals surface area contributed by atoms with E-state index in [0.717, 1.165) is 11.3 Å². The Bertz CT molecular complexity index is 1050. The highest BCUT2D eigenvalue weighted by molar-refractivity contribution is 7.99. The predicted molar refractivity (Wildman–Crippen MR) is 105 cm³/mol. The topological polar surface area (TPSA) is 89.6 Å². The molecule has 3 aromatic heterocycles. The zero-order chi connectivity index (χ0) is 18.6. The lowest BCUT2D eigenvalue weighted by molar-refractivity contribution is 0.509. The summed E-state index contributed by atoms with van der Waals surface area (Å²) in [4.78, 5) is 13.1. The Morgan fingerprint density at radius 1 is 1.22 bits per heavy atom. The van der Waals surface area contributed by atoms with E-state index in [-0.39, 0.29) is 10.9 Å². The molecule has 0 fully saturated rings. The average molecular weight is 400 g/mol. The summed E-state index contributed by atoms with van der Waals surface area (Å²) in [6.07, 6.45) is 0.755. The van der Waals surface area contributed by atoms with E-state index in [4.69, 9.17) is 4.42 Å². The Morgan fingerprint density at radius 3 is 2.85 bits per heavy atom. The van der Waals surface area contributed by atoms with Crippen LogP contribution in [-0.4, -0.2) is 25.0 Å². The second-order valence-electron chi connectivity index (χ2n) is 5.88. The van der Waals surface area contributed by atoms with E-state index < -0.39 is 0 Å². The number of H-pyrrole nitrogens is 1. The van der Waals surface area contributed by atoms with Crippen molar-refractivity contribution in [1.29, 1.82) is 0 Å². The number of aromatic nitrogens is 5. The number of thioether (sulfide) groups is 1. The number of hydrogen-bond donors (Lipinski definition) is 1. The largest absolute Gasteiger partial charge is 0.419 e. The highest BCUT2D eigenvalue weighted by Gasteiger charge is 2.20. The maximum absolute atomic E-state index is 12.1. The second-order valence-corrected chi connectivity index (χ2v) is 8.14. The van der Waals surface area contributed by atoms with Gasteiger partial charge in [-0.05, 0) is 30.4 Å². The van der Waals surface area contributed by atoms with Crippen molar-refractivity contribution >= 4 is 23.1 Å². The molecule has 0 aliphatic carbocycles. The maximum atomic E-state index is 12.1. The van der Waals surface area contributed by atoms with E-state index >= 15 is 0 Å². The van der Waals surface area contributed by atoms with Crippen molar-refractivity contribution < 1.29 is 4.42 Å². The van der Waals surface area contributed by atoms with E-state index in [1.807, 2.05) is 54.8 Å². The molecule has 0 saturated heterocycles. The van der Waals surface area contributed by atoms with Gasteiger partial charge in [0.1, 0.15) is 0 Å². The minimum absolute atomic E-state index is 0.128. The summed E-state index contributed by atoms with van der Waals surface area (Å²) in [6.45, 7) is 2.51. The molecule has 7 nitrogen and oxygen atoms in total. The summed E-state index contributed by atoms with van der Waals surface area (Å²) in [5, 5.41) is 17.4. The van der Waals surface area contributed by atoms with Crippen molar-refractivity contribution in [3.63, 3.8) is 0 Å². The summed E-state index contributed by atoms with van der Waals surface area (Å²) < 4.78 is 7.42. The summed E-state index contributed by atoms with van der Waals surface area (Å²) >= 11 is 2.97. The number of nitrogens with zero attached hydrogens (tertiary/aromatic N) is 4. The summed E-state index contributed by atoms with van der Waals surface area (Å²) in [5.74, 6) is 1.02. The highest BCUT2D eigenvalue weighted by atomic mass is 32.2. The molecule has 4 rings (SSSR count). The van der Waals surface area contributed by atoms with Crippen LogP contribution in [0.4, 0.5) is 0 Å². The molecule has 3 heterocycles. The van der Waals surface area contributed by atoms with Gasteiger partial charge in [0.05, 0.1) is 10.1 Å². The van der Waals surface area contributed by atoms with Crippen LogP contribution in [0.3, 0.4) is 0 Å². The molecule has 1 N–H and O–H groups in total. The van der Waals surface area contributed by atoms with Gasteiger partial charge >= 0.3 is 5.69 Å². The third kappa shape index (κ3) is 4.04. The number of rotatable bonds is 7. The molecule has 1 aromatic carbocycles. The Labute approximate surface area is 163 Å². The van der Waals surface area contributed by atoms with Gasteiger partial charge in [0.2, 0.25) is 5.89 Å². The molecule has 27 heavy (non-hydrogen) atoms. The monoisotopic (exact) mass is 399 g/mol. The first-order valence-electron chi connectivity index (χ1n) is 8.44. The fraction of sp³-hybridized carbons (Fsp3) is 0.222. The molecular weight excluding hydrogens is 382 g/mol. The van der Waals surface area contributed by atoms with Gasteiger partial charge in [-0.1, -0.05) is 48.2 Å². The van der Waals surface area contributed by atoms with E-state index in [2.05, 4.69) is 20.4 Å². The van der Waals surface area contributed by atoms with E-state index in [0.29, 0.717) is 23.5 Å². The fourth-order valence-electron chi connectivity index (χ4n) is 2.58. The molecule has 138 valence electrons. The van der Waals surface area contributed by atoms with Crippen LogP contribution >= 0.6 is 23.1 Å². The zero-order valence-corrected chi connectivity index (χ0v) is 16.2. The molecule has 0 aliphatic heterocycles. The number of hydrogen-bond acceptors (Lipinski definition) is 7. The SMILES string of the molecule is C[C@H](Sc1n[nH]c(=O)n1CCc1ccccc1)c1nnc(-c2cccs2)o1. The zero-order valence-electron chi connectivity index (χ0n) is 14.5. The third-order valence-electron chi connectivity index (χ3n) is 3.99. The number of aromatic amines is 1. The van der Waals surface area contributed by atoms with E-state index in [9.17, 15) is 4.79 Å². The first-order chi connectivity index (χ1) is 13.2. The van der Waals surface area contributed by atoms with Gasteiger partial charge in [-0.25, -0.2) is 9.89 Å². The maximum Gasteiger partial charge on any atom is 0.343 e. The van der Waals surface area contributed by atoms with Gasteiger partial charge in [-0.3, -0.25) is 4.57 Å². The van der Waals surface area contributed by atoms with Gasteiger partial charge in [0, 0.05) is 6.54 Å². The molecule has 0 unspecified atom stereocenters. The van der Waals surface area contributed by atoms with Crippen molar-refractivity contribution in [2.45, 2.75) is 30.3 Å². The number of thiophene rings is 1. The van der Waals surface area contributed by atoms with Crippen LogP contribution in [-0.2, 0) is 13.0 Å². The number of aryl methyl sites for hydroxylation is 1. The average Bonchev–Trinajstić information content (AvgIpc) is 3.43. The quantitative estimate of drug-likeness (QED) is 0.476. The van der Waals surface area contributed by atoms with Gasteiger partial charge < -0.3 is 4.42 Å². The van der Waals surface area contributed by atoms with Crippen molar-refractivity contribution in [1.82, 2.24) is 25.0 Å². The molecule has 0 bridgehead atoms. The van der Waals surface area contributed by atoms with Crippen molar-refractivity contribution in [3.8, 4) is 10.8 Å². The Balaban J connectivity index is 1.47. The molecule has 0 amide bonds. The highest BCUT2D eigenvalue weighted by Crippen LogP contribution is 2.34. The lowest BCUT2D eigenvalue weighted by Crippen LogP contribution is -2.19. The van der Waals surface area contributed by atoms with Gasteiger partial charge in [-0.2, -0.15) is 0 Å². The van der Waals surface area contributed by atoms with E-state index in [1.54, 1.807) is 15.9 Å². The normalized spacial score (nSPS) is 12.3. The Morgan fingerprint density at radius 2 is 2.07 bits per heavy atom. The van der Waals surface area contributed by atoms with Crippen molar-refractivity contribution in [2.75, 3.05) is 0 Å². The van der Waals surface area contributed by atoms with Crippen LogP contribution in [0.25, 0.3) is 10.8 Å². The molecule has 0 spiro atoms.